The molecule has 0 amide bonds. The van der Waals surface area contributed by atoms with Crippen molar-refractivity contribution in [2.45, 2.75) is 64.7 Å². The second-order valence-corrected chi connectivity index (χ2v) is 10.9. The van der Waals surface area contributed by atoms with E-state index in [2.05, 4.69) is 44.7 Å². The smallest absolute Gasteiger partial charge is 0.156 e. The molecule has 2 heteroatoms. The first-order valence-electron chi connectivity index (χ1n) is 12.1. The molecule has 4 unspecified atom stereocenters. The number of ether oxygens (including phenoxy) is 1. The highest BCUT2D eigenvalue weighted by molar-refractivity contribution is 5.93. The van der Waals surface area contributed by atoms with Gasteiger partial charge in [0, 0.05) is 19.4 Å². The first-order chi connectivity index (χ1) is 14.9. The van der Waals surface area contributed by atoms with Crippen LogP contribution in [-0.4, -0.2) is 19.5 Å². The maximum Gasteiger partial charge on any atom is 0.156 e. The highest BCUT2D eigenvalue weighted by Crippen LogP contribution is 2.69. The average Bonchev–Trinajstić information content (AvgIpc) is 3.03. The third-order valence-electron chi connectivity index (χ3n) is 9.55. The molecule has 2 fully saturated rings. The largest absolute Gasteiger partial charge is 0.384 e. The van der Waals surface area contributed by atoms with Crippen LogP contribution in [0.4, 0.5) is 0 Å². The van der Waals surface area contributed by atoms with E-state index in [0.29, 0.717) is 24.0 Å². The second kappa shape index (κ2) is 7.59. The lowest BCUT2D eigenvalue weighted by Gasteiger charge is -2.55. The second-order valence-electron chi connectivity index (χ2n) is 10.9. The number of hydrogen-bond acceptors (Lipinski definition) is 2. The molecule has 0 spiro atoms. The summed E-state index contributed by atoms with van der Waals surface area (Å²) < 4.78 is 5.78. The fourth-order valence-corrected chi connectivity index (χ4v) is 7.71. The Labute approximate surface area is 187 Å². The minimum Gasteiger partial charge on any atom is -0.384 e. The molecule has 164 valence electrons. The van der Waals surface area contributed by atoms with Gasteiger partial charge in [-0.1, -0.05) is 56.3 Å². The number of carbonyl (C=O) groups excluding carboxylic acids is 1. The normalized spacial score (nSPS) is 37.1. The van der Waals surface area contributed by atoms with Gasteiger partial charge in [-0.3, -0.25) is 4.79 Å². The van der Waals surface area contributed by atoms with E-state index in [1.165, 1.54) is 48.0 Å². The lowest BCUT2D eigenvalue weighted by atomic mass is 9.49. The molecule has 0 bridgehead atoms. The maximum atomic E-state index is 12.2. The van der Waals surface area contributed by atoms with Crippen molar-refractivity contribution in [3.05, 3.63) is 64.8 Å². The summed E-state index contributed by atoms with van der Waals surface area (Å²) in [4.78, 5) is 12.2. The Bertz CT molecular complexity index is 965. The van der Waals surface area contributed by atoms with Crippen LogP contribution >= 0.6 is 0 Å². The molecule has 31 heavy (non-hydrogen) atoms. The summed E-state index contributed by atoms with van der Waals surface area (Å²) in [6.45, 7) is 9.81. The van der Waals surface area contributed by atoms with E-state index in [0.717, 1.165) is 25.4 Å². The number of ketones is 1. The van der Waals surface area contributed by atoms with Crippen LogP contribution in [0.1, 0.15) is 75.8 Å². The van der Waals surface area contributed by atoms with Crippen LogP contribution < -0.4 is 0 Å². The Morgan fingerprint density at radius 2 is 1.90 bits per heavy atom. The Morgan fingerprint density at radius 1 is 1.13 bits per heavy atom. The summed E-state index contributed by atoms with van der Waals surface area (Å²) in [7, 11) is 1.86. The highest BCUT2D eigenvalue weighted by Gasteiger charge is 2.61. The summed E-state index contributed by atoms with van der Waals surface area (Å²) in [5, 5.41) is 0. The highest BCUT2D eigenvalue weighted by atomic mass is 16.5. The third kappa shape index (κ3) is 3.13. The molecule has 5 atom stereocenters. The van der Waals surface area contributed by atoms with Crippen LogP contribution in [0.3, 0.4) is 0 Å². The molecule has 0 heterocycles. The van der Waals surface area contributed by atoms with E-state index in [-0.39, 0.29) is 10.8 Å². The average molecular weight is 417 g/mol. The lowest BCUT2D eigenvalue weighted by molar-refractivity contribution is -0.114. The summed E-state index contributed by atoms with van der Waals surface area (Å²) >= 11 is 0. The predicted molar refractivity (Wildman–Crippen MR) is 127 cm³/mol. The molecule has 0 radical (unpaired) electrons. The predicted octanol–water partition coefficient (Wildman–Crippen LogP) is 6.88. The summed E-state index contributed by atoms with van der Waals surface area (Å²) in [5.74, 6) is 2.12. The SMILES string of the molecule is C=Cc1ccc(C2CC3(C)C(CC[C@@]3(C)COC)C3CCC4=CC(=O)CCC4=C23)cc1. The number of rotatable bonds is 4. The van der Waals surface area contributed by atoms with Crippen LogP contribution in [-0.2, 0) is 9.53 Å². The van der Waals surface area contributed by atoms with Crippen molar-refractivity contribution in [1.29, 1.82) is 0 Å². The van der Waals surface area contributed by atoms with E-state index in [9.17, 15) is 4.79 Å². The molecule has 2 nitrogen and oxygen atoms in total. The first-order valence-corrected chi connectivity index (χ1v) is 12.1. The molecule has 0 aromatic heterocycles. The molecular formula is C29H36O2. The van der Waals surface area contributed by atoms with E-state index >= 15 is 0 Å². The first kappa shape index (κ1) is 20.9. The fourth-order valence-electron chi connectivity index (χ4n) is 7.71. The van der Waals surface area contributed by atoms with Gasteiger partial charge in [0.25, 0.3) is 0 Å². The molecule has 1 aromatic rings. The molecule has 4 aliphatic rings. The van der Waals surface area contributed by atoms with Crippen molar-refractivity contribution in [3.63, 3.8) is 0 Å². The van der Waals surface area contributed by atoms with Crippen molar-refractivity contribution in [2.75, 3.05) is 13.7 Å². The Balaban J connectivity index is 1.66. The third-order valence-corrected chi connectivity index (χ3v) is 9.55. The van der Waals surface area contributed by atoms with Crippen molar-refractivity contribution in [2.24, 2.45) is 22.7 Å². The topological polar surface area (TPSA) is 26.3 Å². The number of hydrogen-bond donors (Lipinski definition) is 0. The fraction of sp³-hybridized carbons (Fsp3) is 0.552. The number of fused-ring (bicyclic) bond motifs is 4. The number of carbonyl (C=O) groups is 1. The zero-order chi connectivity index (χ0) is 21.8. The summed E-state index contributed by atoms with van der Waals surface area (Å²) in [6.07, 6.45) is 11.5. The van der Waals surface area contributed by atoms with E-state index in [1.54, 1.807) is 5.57 Å². The van der Waals surface area contributed by atoms with Crippen LogP contribution in [0.25, 0.3) is 6.08 Å². The standard InChI is InChI=1S/C29H36O2/c1-5-19-6-8-20(9-7-19)25-17-29(3)26(14-15-28(29,2)18-31-4)24-12-10-21-16-22(30)11-13-23(21)27(24)25/h5-9,16,24-26H,1,10-15,17-18H2,2-4H3/t24?,25?,26?,28-,29?/m0/s1. The monoisotopic (exact) mass is 416 g/mol. The van der Waals surface area contributed by atoms with Crippen molar-refractivity contribution in [1.82, 2.24) is 0 Å². The maximum absolute atomic E-state index is 12.2. The zero-order valence-electron chi connectivity index (χ0n) is 19.4. The molecule has 4 aliphatic carbocycles. The van der Waals surface area contributed by atoms with E-state index in [1.807, 2.05) is 19.3 Å². The van der Waals surface area contributed by atoms with Gasteiger partial charge in [0.2, 0.25) is 0 Å². The zero-order valence-corrected chi connectivity index (χ0v) is 19.4. The molecule has 0 aliphatic heterocycles. The van der Waals surface area contributed by atoms with Gasteiger partial charge in [-0.15, -0.1) is 0 Å². The Kier molecular flexibility index (Phi) is 5.13. The van der Waals surface area contributed by atoms with Gasteiger partial charge in [-0.05, 0) is 89.5 Å². The number of benzene rings is 1. The summed E-state index contributed by atoms with van der Waals surface area (Å²) in [5.41, 5.74) is 7.66. The van der Waals surface area contributed by atoms with Crippen LogP contribution in [0.2, 0.25) is 0 Å². The molecule has 0 saturated heterocycles. The van der Waals surface area contributed by atoms with Crippen molar-refractivity contribution in [3.8, 4) is 0 Å². The molecular weight excluding hydrogens is 380 g/mol. The van der Waals surface area contributed by atoms with Gasteiger partial charge in [0.15, 0.2) is 5.78 Å². The van der Waals surface area contributed by atoms with Crippen molar-refractivity contribution >= 4 is 11.9 Å². The Morgan fingerprint density at radius 3 is 2.61 bits per heavy atom. The van der Waals surface area contributed by atoms with Gasteiger partial charge < -0.3 is 4.74 Å². The van der Waals surface area contributed by atoms with Crippen LogP contribution in [0.15, 0.2) is 53.6 Å². The van der Waals surface area contributed by atoms with Gasteiger partial charge in [-0.25, -0.2) is 0 Å². The van der Waals surface area contributed by atoms with Gasteiger partial charge in [0.1, 0.15) is 0 Å². The van der Waals surface area contributed by atoms with Crippen LogP contribution in [0, 0.1) is 22.7 Å². The number of allylic oxidation sites excluding steroid dienone is 4. The van der Waals surface area contributed by atoms with Gasteiger partial charge in [-0.2, -0.15) is 0 Å². The molecule has 5 rings (SSSR count). The lowest BCUT2D eigenvalue weighted by Crippen LogP contribution is -2.48. The minimum atomic E-state index is 0.223. The van der Waals surface area contributed by atoms with Gasteiger partial charge >= 0.3 is 0 Å². The Hall–Kier alpha value is -1.93. The molecule has 1 aromatic carbocycles. The van der Waals surface area contributed by atoms with Crippen molar-refractivity contribution < 1.29 is 9.53 Å². The minimum absolute atomic E-state index is 0.223. The summed E-state index contributed by atoms with van der Waals surface area (Å²) in [6, 6.07) is 9.07. The van der Waals surface area contributed by atoms with E-state index in [4.69, 9.17) is 4.74 Å². The number of methoxy groups -OCH3 is 1. The quantitative estimate of drug-likeness (QED) is 0.535. The molecule has 0 N–H and O–H groups in total. The molecule has 2 saturated carbocycles. The van der Waals surface area contributed by atoms with Gasteiger partial charge in [0.05, 0.1) is 6.61 Å². The van der Waals surface area contributed by atoms with Crippen LogP contribution in [0.5, 0.6) is 0 Å². The van der Waals surface area contributed by atoms with E-state index < -0.39 is 0 Å².